The van der Waals surface area contributed by atoms with Crippen molar-refractivity contribution >= 4 is 11.6 Å². The lowest BCUT2D eigenvalue weighted by Gasteiger charge is -2.45. The van der Waals surface area contributed by atoms with Gasteiger partial charge >= 0.3 is 0 Å². The van der Waals surface area contributed by atoms with Crippen molar-refractivity contribution in [2.45, 2.75) is 78.6 Å². The molecule has 1 aromatic carbocycles. The Morgan fingerprint density at radius 1 is 1.07 bits per heavy atom. The largest absolute Gasteiger partial charge is 0.496 e. The van der Waals surface area contributed by atoms with Crippen LogP contribution in [0.4, 0.5) is 4.39 Å². The number of ether oxygens (including phenoxy) is 1. The third kappa shape index (κ3) is 4.03. The Morgan fingerprint density at radius 3 is 2.21 bits per heavy atom. The van der Waals surface area contributed by atoms with Crippen LogP contribution in [0, 0.1) is 11.2 Å². The van der Waals surface area contributed by atoms with Gasteiger partial charge in [-0.15, -0.1) is 0 Å². The average molecular weight is 418 g/mol. The van der Waals surface area contributed by atoms with E-state index in [2.05, 4.69) is 59.5 Å². The zero-order valence-corrected chi connectivity index (χ0v) is 19.7. The smallest absolute Gasteiger partial charge is 0.168 e. The lowest BCUT2D eigenvalue weighted by Crippen LogP contribution is -2.36. The fourth-order valence-electron chi connectivity index (χ4n) is 4.76. The molecule has 29 heavy (non-hydrogen) atoms. The molecule has 2 nitrogen and oxygen atoms in total. The van der Waals surface area contributed by atoms with Crippen molar-refractivity contribution in [1.82, 2.24) is 4.98 Å². The van der Waals surface area contributed by atoms with Crippen LogP contribution in [0.15, 0.2) is 18.3 Å². The van der Waals surface area contributed by atoms with E-state index in [1.807, 2.05) is 0 Å². The van der Waals surface area contributed by atoms with Crippen molar-refractivity contribution in [2.75, 3.05) is 7.11 Å². The zero-order chi connectivity index (χ0) is 21.8. The predicted molar refractivity (Wildman–Crippen MR) is 120 cm³/mol. The third-order valence-electron chi connectivity index (χ3n) is 6.15. The standard InChI is InChI=1S/C25H33ClFNO/c1-23(2,3)14-15-13-17(16-9-12-28-22(26)20(16)27)21(29-8)19-18(15)24(4,5)10-11-25(19,6)7/h9,12-13H,10-11,14H2,1-8H3. The summed E-state index contributed by atoms with van der Waals surface area (Å²) in [5, 5.41) is -0.112. The Hall–Kier alpha value is -1.61. The summed E-state index contributed by atoms with van der Waals surface area (Å²) in [6.45, 7) is 15.9. The summed E-state index contributed by atoms with van der Waals surface area (Å²) in [5.41, 5.74) is 5.12. The number of fused-ring (bicyclic) bond motifs is 1. The number of rotatable bonds is 3. The van der Waals surface area contributed by atoms with Crippen LogP contribution < -0.4 is 4.74 Å². The first-order valence-electron chi connectivity index (χ1n) is 10.3. The van der Waals surface area contributed by atoms with Crippen LogP contribution >= 0.6 is 11.6 Å². The first kappa shape index (κ1) is 22.1. The van der Waals surface area contributed by atoms with Crippen molar-refractivity contribution in [1.29, 1.82) is 0 Å². The molecule has 1 aliphatic carbocycles. The molecule has 0 atom stereocenters. The molecule has 0 spiro atoms. The highest BCUT2D eigenvalue weighted by atomic mass is 35.5. The topological polar surface area (TPSA) is 22.1 Å². The zero-order valence-electron chi connectivity index (χ0n) is 19.0. The third-order valence-corrected chi connectivity index (χ3v) is 6.42. The lowest BCUT2D eigenvalue weighted by atomic mass is 9.60. The highest BCUT2D eigenvalue weighted by Crippen LogP contribution is 2.54. The number of aromatic nitrogens is 1. The second-order valence-electron chi connectivity index (χ2n) is 10.8. The molecule has 3 rings (SSSR count). The summed E-state index contributed by atoms with van der Waals surface area (Å²) < 4.78 is 21.0. The summed E-state index contributed by atoms with van der Waals surface area (Å²) in [5.74, 6) is 0.263. The monoisotopic (exact) mass is 417 g/mol. The number of hydrogen-bond acceptors (Lipinski definition) is 2. The molecule has 0 amide bonds. The van der Waals surface area contributed by atoms with Crippen LogP contribution in [0.2, 0.25) is 5.15 Å². The van der Waals surface area contributed by atoms with E-state index in [0.717, 1.165) is 30.6 Å². The molecule has 0 radical (unpaired) electrons. The Bertz CT molecular complexity index is 941. The molecule has 0 aliphatic heterocycles. The van der Waals surface area contributed by atoms with Crippen LogP contribution in [0.1, 0.15) is 78.0 Å². The minimum Gasteiger partial charge on any atom is -0.496 e. The highest BCUT2D eigenvalue weighted by Gasteiger charge is 2.42. The van der Waals surface area contributed by atoms with Crippen molar-refractivity contribution in [3.8, 4) is 16.9 Å². The van der Waals surface area contributed by atoms with Crippen molar-refractivity contribution < 1.29 is 9.13 Å². The molecule has 1 heterocycles. The number of hydrogen-bond donors (Lipinski definition) is 0. The normalized spacial score (nSPS) is 17.7. The minimum atomic E-state index is -0.498. The van der Waals surface area contributed by atoms with Gasteiger partial charge in [-0.1, -0.05) is 60.1 Å². The van der Waals surface area contributed by atoms with Crippen LogP contribution in [0.5, 0.6) is 5.75 Å². The van der Waals surface area contributed by atoms with Gasteiger partial charge in [0.1, 0.15) is 5.75 Å². The summed E-state index contributed by atoms with van der Waals surface area (Å²) in [4.78, 5) is 3.89. The summed E-state index contributed by atoms with van der Waals surface area (Å²) >= 11 is 6.02. The molecule has 4 heteroatoms. The number of benzene rings is 1. The summed E-state index contributed by atoms with van der Waals surface area (Å²) in [6.07, 6.45) is 4.63. The molecular formula is C25H33ClFNO. The number of pyridine rings is 1. The minimum absolute atomic E-state index is 0.0334. The second-order valence-corrected chi connectivity index (χ2v) is 11.2. The van der Waals surface area contributed by atoms with Crippen molar-refractivity contribution in [3.05, 3.63) is 46.0 Å². The Labute approximate surface area is 179 Å². The molecule has 0 N–H and O–H groups in total. The fourth-order valence-corrected chi connectivity index (χ4v) is 4.92. The van der Waals surface area contributed by atoms with Gasteiger partial charge in [0.2, 0.25) is 0 Å². The van der Waals surface area contributed by atoms with E-state index in [1.54, 1.807) is 19.4 Å². The molecule has 1 aromatic heterocycles. The predicted octanol–water partition coefficient (Wildman–Crippen LogP) is 7.49. The number of halogens is 2. The van der Waals surface area contributed by atoms with Gasteiger partial charge in [0, 0.05) is 22.9 Å². The van der Waals surface area contributed by atoms with Gasteiger partial charge in [0.25, 0.3) is 0 Å². The molecule has 158 valence electrons. The summed E-state index contributed by atoms with van der Waals surface area (Å²) in [6, 6.07) is 3.81. The van der Waals surface area contributed by atoms with Gasteiger partial charge in [-0.3, -0.25) is 0 Å². The van der Waals surface area contributed by atoms with Gasteiger partial charge in [0.15, 0.2) is 11.0 Å². The summed E-state index contributed by atoms with van der Waals surface area (Å²) in [7, 11) is 1.68. The molecule has 1 aliphatic rings. The van der Waals surface area contributed by atoms with Crippen LogP contribution in [0.25, 0.3) is 11.1 Å². The van der Waals surface area contributed by atoms with E-state index in [9.17, 15) is 0 Å². The van der Waals surface area contributed by atoms with Crippen molar-refractivity contribution in [2.24, 2.45) is 5.41 Å². The first-order chi connectivity index (χ1) is 13.3. The first-order valence-corrected chi connectivity index (χ1v) is 10.7. The molecule has 0 unspecified atom stereocenters. The van der Waals surface area contributed by atoms with Gasteiger partial charge < -0.3 is 4.74 Å². The maximum atomic E-state index is 15.0. The molecule has 0 bridgehead atoms. The average Bonchev–Trinajstić information content (AvgIpc) is 2.59. The molecular weight excluding hydrogens is 385 g/mol. The fraction of sp³-hybridized carbons (Fsp3) is 0.560. The SMILES string of the molecule is COc1c(-c2ccnc(Cl)c2F)cc(CC(C)(C)C)c2c1C(C)(C)CCC2(C)C. The van der Waals surface area contributed by atoms with Crippen LogP contribution in [0.3, 0.4) is 0 Å². The second kappa shape index (κ2) is 7.27. The Kier molecular flexibility index (Phi) is 5.53. The van der Waals surface area contributed by atoms with Crippen molar-refractivity contribution in [3.63, 3.8) is 0 Å². The van der Waals surface area contributed by atoms with E-state index in [4.69, 9.17) is 16.3 Å². The van der Waals surface area contributed by atoms with E-state index in [0.29, 0.717) is 5.56 Å². The molecule has 0 saturated heterocycles. The molecule has 0 saturated carbocycles. The van der Waals surface area contributed by atoms with Crippen LogP contribution in [-0.2, 0) is 17.3 Å². The van der Waals surface area contributed by atoms with Crippen LogP contribution in [-0.4, -0.2) is 12.1 Å². The quantitative estimate of drug-likeness (QED) is 0.482. The van der Waals surface area contributed by atoms with E-state index < -0.39 is 5.82 Å². The van der Waals surface area contributed by atoms with E-state index in [1.165, 1.54) is 16.7 Å². The van der Waals surface area contributed by atoms with Gasteiger partial charge in [-0.25, -0.2) is 9.37 Å². The van der Waals surface area contributed by atoms with Gasteiger partial charge in [0.05, 0.1) is 7.11 Å². The molecule has 2 aromatic rings. The van der Waals surface area contributed by atoms with Gasteiger partial charge in [-0.05, 0) is 58.8 Å². The molecule has 0 fully saturated rings. The van der Waals surface area contributed by atoms with E-state index in [-0.39, 0.29) is 21.4 Å². The van der Waals surface area contributed by atoms with E-state index >= 15 is 4.39 Å². The number of methoxy groups -OCH3 is 1. The Morgan fingerprint density at radius 2 is 1.66 bits per heavy atom. The van der Waals surface area contributed by atoms with Gasteiger partial charge in [-0.2, -0.15) is 0 Å². The maximum Gasteiger partial charge on any atom is 0.168 e. The number of nitrogens with zero attached hydrogens (tertiary/aromatic N) is 1. The lowest BCUT2D eigenvalue weighted by molar-refractivity contribution is 0.307. The Balaban J connectivity index is 2.46. The maximum absolute atomic E-state index is 15.0. The highest BCUT2D eigenvalue weighted by molar-refractivity contribution is 6.29.